The highest BCUT2D eigenvalue weighted by molar-refractivity contribution is 9.10. The molecule has 0 saturated carbocycles. The molecule has 88 valence electrons. The fraction of sp³-hybridized carbons (Fsp3) is 0.154. The zero-order valence-corrected chi connectivity index (χ0v) is 11.1. The van der Waals surface area contributed by atoms with Crippen LogP contribution in [0.5, 0.6) is 5.75 Å². The smallest absolute Gasteiger partial charge is 0.119 e. The number of pyridine rings is 1. The molecule has 0 saturated heterocycles. The van der Waals surface area contributed by atoms with Gasteiger partial charge in [0.05, 0.1) is 7.11 Å². The maximum atomic E-state index is 5.11. The molecule has 4 heteroatoms. The van der Waals surface area contributed by atoms with Gasteiger partial charge < -0.3 is 10.1 Å². The van der Waals surface area contributed by atoms with E-state index < -0.39 is 0 Å². The molecule has 0 radical (unpaired) electrons. The van der Waals surface area contributed by atoms with Crippen molar-refractivity contribution in [1.82, 2.24) is 4.98 Å². The van der Waals surface area contributed by atoms with Crippen LogP contribution in [0.1, 0.15) is 5.56 Å². The number of nitrogens with one attached hydrogen (secondary N) is 1. The molecular formula is C13H13BrN2O. The van der Waals surface area contributed by atoms with Crippen LogP contribution in [0.15, 0.2) is 47.2 Å². The Morgan fingerprint density at radius 2 is 2.00 bits per heavy atom. The lowest BCUT2D eigenvalue weighted by molar-refractivity contribution is 0.415. The number of anilines is 1. The first-order valence-corrected chi connectivity index (χ1v) is 6.05. The minimum atomic E-state index is 0.759. The van der Waals surface area contributed by atoms with Crippen LogP contribution in [-0.4, -0.2) is 12.1 Å². The van der Waals surface area contributed by atoms with Crippen molar-refractivity contribution < 1.29 is 4.74 Å². The normalized spacial score (nSPS) is 10.0. The Labute approximate surface area is 109 Å². The van der Waals surface area contributed by atoms with Crippen molar-refractivity contribution in [2.75, 3.05) is 12.4 Å². The first-order valence-electron chi connectivity index (χ1n) is 5.26. The van der Waals surface area contributed by atoms with E-state index in [-0.39, 0.29) is 0 Å². The molecule has 0 aliphatic heterocycles. The van der Waals surface area contributed by atoms with Gasteiger partial charge in [-0.05, 0) is 51.8 Å². The first-order chi connectivity index (χ1) is 8.29. The topological polar surface area (TPSA) is 34.1 Å². The zero-order chi connectivity index (χ0) is 12.1. The summed E-state index contributed by atoms with van der Waals surface area (Å²) < 4.78 is 6.12. The van der Waals surface area contributed by atoms with Gasteiger partial charge in [-0.1, -0.05) is 0 Å². The largest absolute Gasteiger partial charge is 0.497 e. The van der Waals surface area contributed by atoms with E-state index in [0.29, 0.717) is 0 Å². The molecule has 1 aromatic carbocycles. The van der Waals surface area contributed by atoms with Gasteiger partial charge in [0.15, 0.2) is 0 Å². The zero-order valence-electron chi connectivity index (χ0n) is 9.48. The van der Waals surface area contributed by atoms with Crippen molar-refractivity contribution in [3.05, 3.63) is 52.8 Å². The monoisotopic (exact) mass is 292 g/mol. The predicted octanol–water partition coefficient (Wildman–Crippen LogP) is 3.46. The Hall–Kier alpha value is -1.55. The molecule has 1 heterocycles. The van der Waals surface area contributed by atoms with Crippen LogP contribution >= 0.6 is 15.9 Å². The van der Waals surface area contributed by atoms with Gasteiger partial charge in [-0.3, -0.25) is 4.98 Å². The fourth-order valence-electron chi connectivity index (χ4n) is 1.45. The SMILES string of the molecule is COc1ccc(NCc2ccncc2Br)cc1. The molecule has 0 amide bonds. The summed E-state index contributed by atoms with van der Waals surface area (Å²) in [7, 11) is 1.66. The van der Waals surface area contributed by atoms with Crippen molar-refractivity contribution in [2.24, 2.45) is 0 Å². The molecule has 0 spiro atoms. The molecule has 1 aromatic heterocycles. The number of hydrogen-bond donors (Lipinski definition) is 1. The lowest BCUT2D eigenvalue weighted by Crippen LogP contribution is -2.00. The number of halogens is 1. The van der Waals surface area contributed by atoms with Gasteiger partial charge in [0.25, 0.3) is 0 Å². The Kier molecular flexibility index (Phi) is 3.98. The second-order valence-corrected chi connectivity index (χ2v) is 4.40. The van der Waals surface area contributed by atoms with E-state index in [1.54, 1.807) is 19.5 Å². The molecule has 0 unspecified atom stereocenters. The van der Waals surface area contributed by atoms with Crippen molar-refractivity contribution in [3.8, 4) is 5.75 Å². The summed E-state index contributed by atoms with van der Waals surface area (Å²) in [6.07, 6.45) is 3.58. The van der Waals surface area contributed by atoms with E-state index >= 15 is 0 Å². The van der Waals surface area contributed by atoms with E-state index in [4.69, 9.17) is 4.74 Å². The number of nitrogens with zero attached hydrogens (tertiary/aromatic N) is 1. The Balaban J connectivity index is 2.00. The number of hydrogen-bond acceptors (Lipinski definition) is 3. The Morgan fingerprint density at radius 3 is 2.65 bits per heavy atom. The maximum Gasteiger partial charge on any atom is 0.119 e. The second kappa shape index (κ2) is 5.68. The average Bonchev–Trinajstić information content (AvgIpc) is 2.38. The van der Waals surface area contributed by atoms with E-state index in [1.165, 1.54) is 5.56 Å². The molecule has 2 aromatic rings. The van der Waals surface area contributed by atoms with Crippen LogP contribution in [0.4, 0.5) is 5.69 Å². The van der Waals surface area contributed by atoms with Gasteiger partial charge in [-0.2, -0.15) is 0 Å². The van der Waals surface area contributed by atoms with E-state index in [1.807, 2.05) is 30.3 Å². The van der Waals surface area contributed by atoms with Crippen molar-refractivity contribution in [3.63, 3.8) is 0 Å². The third kappa shape index (κ3) is 3.20. The number of aromatic nitrogens is 1. The van der Waals surface area contributed by atoms with Crippen LogP contribution in [0, 0.1) is 0 Å². The summed E-state index contributed by atoms with van der Waals surface area (Å²) in [5, 5.41) is 3.34. The summed E-state index contributed by atoms with van der Waals surface area (Å²) in [6.45, 7) is 0.759. The standard InChI is InChI=1S/C13H13BrN2O/c1-17-12-4-2-11(3-5-12)16-8-10-6-7-15-9-13(10)14/h2-7,9,16H,8H2,1H3. The van der Waals surface area contributed by atoms with Gasteiger partial charge in [0.1, 0.15) is 5.75 Å². The molecule has 3 nitrogen and oxygen atoms in total. The van der Waals surface area contributed by atoms with Crippen molar-refractivity contribution in [1.29, 1.82) is 0 Å². The minimum Gasteiger partial charge on any atom is -0.497 e. The van der Waals surface area contributed by atoms with E-state index in [2.05, 4.69) is 26.2 Å². The van der Waals surface area contributed by atoms with Gasteiger partial charge >= 0.3 is 0 Å². The summed E-state index contributed by atoms with van der Waals surface area (Å²) in [5.74, 6) is 0.862. The number of ether oxygens (including phenoxy) is 1. The van der Waals surface area contributed by atoms with Crippen molar-refractivity contribution in [2.45, 2.75) is 6.54 Å². The molecule has 0 atom stereocenters. The van der Waals surface area contributed by atoms with Crippen LogP contribution in [0.2, 0.25) is 0 Å². The molecule has 17 heavy (non-hydrogen) atoms. The van der Waals surface area contributed by atoms with Crippen LogP contribution in [-0.2, 0) is 6.54 Å². The first kappa shape index (κ1) is 11.9. The fourth-order valence-corrected chi connectivity index (χ4v) is 1.84. The Bertz CT molecular complexity index is 485. The van der Waals surface area contributed by atoms with Gasteiger partial charge in [0, 0.05) is 29.1 Å². The van der Waals surface area contributed by atoms with E-state index in [9.17, 15) is 0 Å². The summed E-state index contributed by atoms with van der Waals surface area (Å²) in [5.41, 5.74) is 2.24. The molecule has 2 rings (SSSR count). The molecule has 1 N–H and O–H groups in total. The highest BCUT2D eigenvalue weighted by atomic mass is 79.9. The molecule has 0 aliphatic rings. The summed E-state index contributed by atoms with van der Waals surface area (Å²) >= 11 is 3.47. The van der Waals surface area contributed by atoms with E-state index in [0.717, 1.165) is 22.5 Å². The van der Waals surface area contributed by atoms with Crippen LogP contribution < -0.4 is 10.1 Å². The highest BCUT2D eigenvalue weighted by Gasteiger charge is 1.99. The lowest BCUT2D eigenvalue weighted by Gasteiger charge is -2.08. The third-order valence-corrected chi connectivity index (χ3v) is 3.14. The highest BCUT2D eigenvalue weighted by Crippen LogP contribution is 2.18. The number of rotatable bonds is 4. The lowest BCUT2D eigenvalue weighted by atomic mass is 10.2. The molecule has 0 fully saturated rings. The van der Waals surface area contributed by atoms with Crippen LogP contribution in [0.25, 0.3) is 0 Å². The second-order valence-electron chi connectivity index (χ2n) is 3.55. The van der Waals surface area contributed by atoms with Crippen LogP contribution in [0.3, 0.4) is 0 Å². The summed E-state index contributed by atoms with van der Waals surface area (Å²) in [4.78, 5) is 4.03. The molecule has 0 bridgehead atoms. The number of benzene rings is 1. The number of methoxy groups -OCH3 is 1. The predicted molar refractivity (Wildman–Crippen MR) is 72.3 cm³/mol. The van der Waals surface area contributed by atoms with Gasteiger partial charge in [-0.25, -0.2) is 0 Å². The molecule has 0 aliphatic carbocycles. The van der Waals surface area contributed by atoms with Gasteiger partial charge in [-0.15, -0.1) is 0 Å². The third-order valence-electron chi connectivity index (χ3n) is 2.43. The maximum absolute atomic E-state index is 5.11. The quantitative estimate of drug-likeness (QED) is 0.937. The average molecular weight is 293 g/mol. The molecular weight excluding hydrogens is 280 g/mol. The minimum absolute atomic E-state index is 0.759. The van der Waals surface area contributed by atoms with Gasteiger partial charge in [0.2, 0.25) is 0 Å². The Morgan fingerprint density at radius 1 is 1.24 bits per heavy atom. The van der Waals surface area contributed by atoms with Crippen molar-refractivity contribution >= 4 is 21.6 Å². The summed E-state index contributed by atoms with van der Waals surface area (Å²) in [6, 6.07) is 9.84.